The molecule has 0 aliphatic rings. The number of hydrogen-bond donors (Lipinski definition) is 1. The summed E-state index contributed by atoms with van der Waals surface area (Å²) in [7, 11) is 0. The first-order valence-electron chi connectivity index (χ1n) is 11.5. The van der Waals surface area contributed by atoms with E-state index in [1.165, 1.54) is 51.2 Å². The Kier molecular flexibility index (Phi) is 12.2. The van der Waals surface area contributed by atoms with Crippen LogP contribution in [0.5, 0.6) is 5.75 Å². The lowest BCUT2D eigenvalue weighted by atomic mass is 10.1. The van der Waals surface area contributed by atoms with Crippen molar-refractivity contribution in [2.24, 2.45) is 5.10 Å². The molecule has 6 heteroatoms. The quantitative estimate of drug-likeness (QED) is 0.110. The lowest BCUT2D eigenvalue weighted by Crippen LogP contribution is -2.16. The third-order valence-corrected chi connectivity index (χ3v) is 5.31. The number of esters is 1. The second-order valence-corrected chi connectivity index (χ2v) is 8.28. The van der Waals surface area contributed by atoms with Gasteiger partial charge in [0.2, 0.25) is 5.91 Å². The van der Waals surface area contributed by atoms with E-state index in [1.807, 2.05) is 6.07 Å². The fraction of sp³-hybridized carbons (Fsp3) is 0.423. The van der Waals surface area contributed by atoms with E-state index in [1.54, 1.807) is 42.5 Å². The van der Waals surface area contributed by atoms with E-state index in [9.17, 15) is 9.59 Å². The molecule has 32 heavy (non-hydrogen) atoms. The van der Waals surface area contributed by atoms with Crippen LogP contribution in [0.15, 0.2) is 53.6 Å². The minimum absolute atomic E-state index is 0.0884. The molecule has 0 atom stereocenters. The molecule has 0 aliphatic heterocycles. The van der Waals surface area contributed by atoms with Gasteiger partial charge in [-0.05, 0) is 48.4 Å². The highest BCUT2D eigenvalue weighted by atomic mass is 35.5. The van der Waals surface area contributed by atoms with E-state index in [2.05, 4.69) is 17.5 Å². The number of carbonyl (C=O) groups is 2. The van der Waals surface area contributed by atoms with E-state index in [0.717, 1.165) is 18.4 Å². The molecule has 0 fully saturated rings. The van der Waals surface area contributed by atoms with Crippen molar-refractivity contribution in [3.05, 3.63) is 64.7 Å². The zero-order valence-corrected chi connectivity index (χ0v) is 19.6. The largest absolute Gasteiger partial charge is 0.423 e. The normalized spacial score (nSPS) is 10.9. The number of carbonyl (C=O) groups excluding carboxylic acids is 2. The number of rotatable bonds is 14. The van der Waals surface area contributed by atoms with Crippen LogP contribution in [0.4, 0.5) is 0 Å². The molecule has 0 spiro atoms. The van der Waals surface area contributed by atoms with Gasteiger partial charge in [-0.25, -0.2) is 10.2 Å². The number of nitrogens with zero attached hydrogens (tertiary/aromatic N) is 1. The lowest BCUT2D eigenvalue weighted by Gasteiger charge is -2.05. The summed E-state index contributed by atoms with van der Waals surface area (Å²) in [5.41, 5.74) is 3.69. The van der Waals surface area contributed by atoms with Gasteiger partial charge in [-0.1, -0.05) is 82.0 Å². The Morgan fingerprint density at radius 1 is 0.938 bits per heavy atom. The highest BCUT2D eigenvalue weighted by Gasteiger charge is 2.08. The van der Waals surface area contributed by atoms with Crippen LogP contribution in [0.25, 0.3) is 0 Å². The molecule has 0 saturated heterocycles. The van der Waals surface area contributed by atoms with Crippen molar-refractivity contribution >= 4 is 29.7 Å². The number of nitrogens with one attached hydrogen (secondary N) is 1. The smallest absolute Gasteiger partial charge is 0.343 e. The summed E-state index contributed by atoms with van der Waals surface area (Å²) in [6, 6.07) is 13.4. The Morgan fingerprint density at radius 3 is 2.28 bits per heavy atom. The summed E-state index contributed by atoms with van der Waals surface area (Å²) in [6.45, 7) is 2.23. The van der Waals surface area contributed by atoms with Crippen molar-refractivity contribution in [3.63, 3.8) is 0 Å². The van der Waals surface area contributed by atoms with Crippen LogP contribution < -0.4 is 10.2 Å². The Bertz CT molecular complexity index is 866. The van der Waals surface area contributed by atoms with Crippen LogP contribution in [-0.4, -0.2) is 18.1 Å². The standard InChI is InChI=1S/C26H33ClN2O3/c1-2-3-4-5-6-7-8-9-10-14-25(30)29-28-20-21-12-11-13-24(19-21)32-26(31)22-15-17-23(27)18-16-22/h11-13,15-20H,2-10,14H2,1H3,(H,29,30). The van der Waals surface area contributed by atoms with Crippen LogP contribution in [0.3, 0.4) is 0 Å². The topological polar surface area (TPSA) is 67.8 Å². The van der Waals surface area contributed by atoms with Gasteiger partial charge < -0.3 is 4.74 Å². The maximum absolute atomic E-state index is 12.2. The van der Waals surface area contributed by atoms with Crippen molar-refractivity contribution in [1.82, 2.24) is 5.43 Å². The first-order chi connectivity index (χ1) is 15.6. The number of hydrazone groups is 1. The van der Waals surface area contributed by atoms with Crippen LogP contribution in [0.1, 0.15) is 87.1 Å². The second-order valence-electron chi connectivity index (χ2n) is 7.84. The van der Waals surface area contributed by atoms with Crippen molar-refractivity contribution in [3.8, 4) is 5.75 Å². The average molecular weight is 457 g/mol. The molecule has 1 N–H and O–H groups in total. The molecule has 0 aromatic heterocycles. The maximum atomic E-state index is 12.2. The summed E-state index contributed by atoms with van der Waals surface area (Å²) >= 11 is 5.84. The van der Waals surface area contributed by atoms with Gasteiger partial charge in [0.15, 0.2) is 0 Å². The molecule has 2 rings (SSSR count). The van der Waals surface area contributed by atoms with E-state index in [-0.39, 0.29) is 5.91 Å². The van der Waals surface area contributed by atoms with Crippen molar-refractivity contribution < 1.29 is 14.3 Å². The Morgan fingerprint density at radius 2 is 1.59 bits per heavy atom. The van der Waals surface area contributed by atoms with E-state index < -0.39 is 5.97 Å². The minimum atomic E-state index is -0.468. The molecule has 172 valence electrons. The summed E-state index contributed by atoms with van der Waals surface area (Å²) in [5, 5.41) is 4.56. The van der Waals surface area contributed by atoms with Gasteiger partial charge in [-0.2, -0.15) is 5.10 Å². The average Bonchev–Trinajstić information content (AvgIpc) is 2.78. The molecule has 0 radical (unpaired) electrons. The van der Waals surface area contributed by atoms with Gasteiger partial charge in [0.1, 0.15) is 5.75 Å². The molecular weight excluding hydrogens is 424 g/mol. The number of ether oxygens (including phenoxy) is 1. The molecular formula is C26H33ClN2O3. The Hall–Kier alpha value is -2.66. The van der Waals surface area contributed by atoms with Crippen LogP contribution in [0.2, 0.25) is 5.02 Å². The SMILES string of the molecule is CCCCCCCCCCCC(=O)NN=Cc1cccc(OC(=O)c2ccc(Cl)cc2)c1. The van der Waals surface area contributed by atoms with Gasteiger partial charge >= 0.3 is 5.97 Å². The Labute approximate surface area is 196 Å². The number of halogens is 1. The van der Waals surface area contributed by atoms with E-state index in [4.69, 9.17) is 16.3 Å². The maximum Gasteiger partial charge on any atom is 0.343 e. The van der Waals surface area contributed by atoms with Crippen LogP contribution >= 0.6 is 11.6 Å². The summed E-state index contributed by atoms with van der Waals surface area (Å²) < 4.78 is 5.39. The molecule has 0 saturated carbocycles. The predicted octanol–water partition coefficient (Wildman–Crippen LogP) is 6.93. The third-order valence-electron chi connectivity index (χ3n) is 5.06. The second kappa shape index (κ2) is 15.2. The molecule has 1 amide bonds. The predicted molar refractivity (Wildman–Crippen MR) is 130 cm³/mol. The highest BCUT2D eigenvalue weighted by Crippen LogP contribution is 2.16. The molecule has 5 nitrogen and oxygen atoms in total. The zero-order valence-electron chi connectivity index (χ0n) is 18.8. The first kappa shape index (κ1) is 25.6. The summed E-state index contributed by atoms with van der Waals surface area (Å²) in [4.78, 5) is 24.1. The number of benzene rings is 2. The van der Waals surface area contributed by atoms with Crippen LogP contribution in [-0.2, 0) is 4.79 Å². The van der Waals surface area contributed by atoms with E-state index in [0.29, 0.717) is 22.8 Å². The summed E-state index contributed by atoms with van der Waals surface area (Å²) in [5.74, 6) is -0.158. The lowest BCUT2D eigenvalue weighted by molar-refractivity contribution is -0.121. The monoisotopic (exact) mass is 456 g/mol. The fourth-order valence-electron chi connectivity index (χ4n) is 3.24. The van der Waals surface area contributed by atoms with Gasteiger partial charge in [-0.3, -0.25) is 4.79 Å². The van der Waals surface area contributed by atoms with Gasteiger partial charge in [0.05, 0.1) is 11.8 Å². The molecule has 0 aliphatic carbocycles. The molecule has 0 heterocycles. The highest BCUT2D eigenvalue weighted by molar-refractivity contribution is 6.30. The first-order valence-corrected chi connectivity index (χ1v) is 11.9. The zero-order chi connectivity index (χ0) is 23.0. The number of hydrogen-bond acceptors (Lipinski definition) is 4. The molecule has 2 aromatic rings. The fourth-order valence-corrected chi connectivity index (χ4v) is 3.37. The van der Waals surface area contributed by atoms with Crippen molar-refractivity contribution in [2.45, 2.75) is 71.1 Å². The molecule has 0 bridgehead atoms. The third kappa shape index (κ3) is 10.6. The van der Waals surface area contributed by atoms with Crippen LogP contribution in [0, 0.1) is 0 Å². The number of unbranched alkanes of at least 4 members (excludes halogenated alkanes) is 8. The van der Waals surface area contributed by atoms with E-state index >= 15 is 0 Å². The Balaban J connectivity index is 1.66. The molecule has 0 unspecified atom stereocenters. The van der Waals surface area contributed by atoms with Crippen molar-refractivity contribution in [1.29, 1.82) is 0 Å². The van der Waals surface area contributed by atoms with Crippen molar-refractivity contribution in [2.75, 3.05) is 0 Å². The number of amides is 1. The molecule has 2 aromatic carbocycles. The summed E-state index contributed by atoms with van der Waals surface area (Å²) in [6.07, 6.45) is 13.0. The van der Waals surface area contributed by atoms with Gasteiger partial charge in [-0.15, -0.1) is 0 Å². The van der Waals surface area contributed by atoms with Gasteiger partial charge in [0, 0.05) is 11.4 Å². The van der Waals surface area contributed by atoms with Gasteiger partial charge in [0.25, 0.3) is 0 Å². The minimum Gasteiger partial charge on any atom is -0.423 e.